The molecule has 0 fully saturated rings. The van der Waals surface area contributed by atoms with Crippen molar-refractivity contribution in [1.29, 1.82) is 0 Å². The molecule has 0 aliphatic rings. The van der Waals surface area contributed by atoms with Crippen LogP contribution in [0.2, 0.25) is 0 Å². The van der Waals surface area contributed by atoms with Crippen LogP contribution in [0, 0.1) is 3.57 Å². The molecule has 0 radical (unpaired) electrons. The minimum absolute atomic E-state index is 0.124. The number of rotatable bonds is 5. The smallest absolute Gasteiger partial charge is 0.339 e. The Hall–Kier alpha value is -1.22. The van der Waals surface area contributed by atoms with Crippen LogP contribution in [0.5, 0.6) is 10.9 Å². The van der Waals surface area contributed by atoms with Crippen molar-refractivity contribution in [2.24, 2.45) is 0 Å². The maximum absolute atomic E-state index is 11.2. The van der Waals surface area contributed by atoms with Crippen LogP contribution in [0.4, 0.5) is 0 Å². The van der Waals surface area contributed by atoms with Crippen LogP contribution < -0.4 is 4.74 Å². The average Bonchev–Trinajstić information content (AvgIpc) is 2.79. The van der Waals surface area contributed by atoms with Gasteiger partial charge in [-0.1, -0.05) is 6.92 Å². The number of halogens is 1. The van der Waals surface area contributed by atoms with Gasteiger partial charge in [0.05, 0.1) is 0 Å². The van der Waals surface area contributed by atoms with Gasteiger partial charge in [-0.05, 0) is 47.2 Å². The van der Waals surface area contributed by atoms with Gasteiger partial charge in [-0.2, -0.15) is 9.36 Å². The van der Waals surface area contributed by atoms with Gasteiger partial charge in [-0.25, -0.2) is 4.79 Å². The standard InChI is InChI=1S/C12H11IN2O3S/c1-2-3-10-14-12(19-15-10)18-9-5-4-7(13)6-8(9)11(16)17/h4-6H,2-3H2,1H3,(H,16,17). The molecule has 19 heavy (non-hydrogen) atoms. The summed E-state index contributed by atoms with van der Waals surface area (Å²) < 4.78 is 10.5. The van der Waals surface area contributed by atoms with Gasteiger partial charge < -0.3 is 9.84 Å². The molecule has 0 bridgehead atoms. The Morgan fingerprint density at radius 3 is 3.00 bits per heavy atom. The summed E-state index contributed by atoms with van der Waals surface area (Å²) in [5.41, 5.74) is 0.124. The summed E-state index contributed by atoms with van der Waals surface area (Å²) in [4.78, 5) is 15.4. The highest BCUT2D eigenvalue weighted by Crippen LogP contribution is 2.28. The van der Waals surface area contributed by atoms with E-state index < -0.39 is 5.97 Å². The zero-order valence-corrected chi connectivity index (χ0v) is 13.1. The number of aromatic nitrogens is 2. The predicted molar refractivity (Wildman–Crippen MR) is 80.1 cm³/mol. The van der Waals surface area contributed by atoms with Gasteiger partial charge in [0.1, 0.15) is 17.1 Å². The van der Waals surface area contributed by atoms with Crippen molar-refractivity contribution in [3.05, 3.63) is 33.2 Å². The van der Waals surface area contributed by atoms with Crippen molar-refractivity contribution in [3.8, 4) is 10.9 Å². The Kier molecular flexibility index (Phi) is 4.70. The molecule has 0 amide bonds. The minimum Gasteiger partial charge on any atom is -0.478 e. The normalized spacial score (nSPS) is 10.4. The van der Waals surface area contributed by atoms with Gasteiger partial charge in [0, 0.05) is 21.5 Å². The number of nitrogens with zero attached hydrogens (tertiary/aromatic N) is 2. The van der Waals surface area contributed by atoms with Gasteiger partial charge >= 0.3 is 5.97 Å². The van der Waals surface area contributed by atoms with Crippen molar-refractivity contribution in [2.45, 2.75) is 19.8 Å². The second kappa shape index (κ2) is 6.29. The highest BCUT2D eigenvalue weighted by molar-refractivity contribution is 14.1. The fourth-order valence-corrected chi connectivity index (χ4v) is 2.54. The highest BCUT2D eigenvalue weighted by atomic mass is 127. The van der Waals surface area contributed by atoms with Gasteiger partial charge in [-0.3, -0.25) is 0 Å². The van der Waals surface area contributed by atoms with E-state index in [0.717, 1.165) is 33.8 Å². The summed E-state index contributed by atoms with van der Waals surface area (Å²) in [7, 11) is 0. The van der Waals surface area contributed by atoms with Gasteiger partial charge in [0.25, 0.3) is 5.19 Å². The molecule has 0 saturated carbocycles. The molecule has 1 heterocycles. The molecule has 0 aliphatic carbocycles. The number of hydrogen-bond donors (Lipinski definition) is 1. The van der Waals surface area contributed by atoms with Crippen LogP contribution in [0.1, 0.15) is 29.5 Å². The van der Waals surface area contributed by atoms with Crippen molar-refractivity contribution in [2.75, 3.05) is 0 Å². The summed E-state index contributed by atoms with van der Waals surface area (Å²) in [6, 6.07) is 4.98. The van der Waals surface area contributed by atoms with Crippen LogP contribution in [-0.4, -0.2) is 20.4 Å². The highest BCUT2D eigenvalue weighted by Gasteiger charge is 2.14. The van der Waals surface area contributed by atoms with E-state index in [4.69, 9.17) is 9.84 Å². The summed E-state index contributed by atoms with van der Waals surface area (Å²) in [5.74, 6) is -0.0104. The van der Waals surface area contributed by atoms with Crippen LogP contribution in [0.15, 0.2) is 18.2 Å². The number of hydrogen-bond acceptors (Lipinski definition) is 5. The molecular weight excluding hydrogens is 379 g/mol. The van der Waals surface area contributed by atoms with E-state index >= 15 is 0 Å². The van der Waals surface area contributed by atoms with Gasteiger partial charge in [0.15, 0.2) is 0 Å². The van der Waals surface area contributed by atoms with Crippen molar-refractivity contribution < 1.29 is 14.6 Å². The molecule has 1 aromatic heterocycles. The predicted octanol–water partition coefficient (Wildman–Crippen LogP) is 3.59. The number of carbonyl (C=O) groups is 1. The second-order valence-corrected chi connectivity index (χ2v) is 5.73. The van der Waals surface area contributed by atoms with Crippen LogP contribution >= 0.6 is 34.1 Å². The Balaban J connectivity index is 2.24. The van der Waals surface area contributed by atoms with Crippen LogP contribution in [-0.2, 0) is 6.42 Å². The molecule has 1 aromatic carbocycles. The van der Waals surface area contributed by atoms with E-state index in [1.807, 2.05) is 6.92 Å². The first-order valence-corrected chi connectivity index (χ1v) is 7.48. The number of aromatic carboxylic acids is 1. The third-order valence-corrected chi connectivity index (χ3v) is 3.60. The first-order valence-electron chi connectivity index (χ1n) is 5.63. The minimum atomic E-state index is -1.02. The molecule has 0 atom stereocenters. The SMILES string of the molecule is CCCc1nsc(Oc2ccc(I)cc2C(=O)O)n1. The molecule has 0 spiro atoms. The Labute approximate surface area is 128 Å². The van der Waals surface area contributed by atoms with E-state index in [9.17, 15) is 4.79 Å². The quantitative estimate of drug-likeness (QED) is 0.791. The second-order valence-electron chi connectivity index (χ2n) is 3.77. The molecule has 7 heteroatoms. The van der Waals surface area contributed by atoms with Gasteiger partial charge in [-0.15, -0.1) is 0 Å². The molecular formula is C12H11IN2O3S. The lowest BCUT2D eigenvalue weighted by atomic mass is 10.2. The molecule has 100 valence electrons. The third kappa shape index (κ3) is 3.63. The fourth-order valence-electron chi connectivity index (χ4n) is 1.46. The van der Waals surface area contributed by atoms with E-state index in [-0.39, 0.29) is 11.3 Å². The lowest BCUT2D eigenvalue weighted by molar-refractivity contribution is 0.0694. The molecule has 1 N–H and O–H groups in total. The largest absolute Gasteiger partial charge is 0.478 e. The Morgan fingerprint density at radius 1 is 1.53 bits per heavy atom. The summed E-state index contributed by atoms with van der Waals surface area (Å²) >= 11 is 3.19. The van der Waals surface area contributed by atoms with E-state index in [2.05, 4.69) is 31.9 Å². The number of benzene rings is 1. The zero-order chi connectivity index (χ0) is 13.8. The molecule has 0 aliphatic heterocycles. The number of aryl methyl sites for hydroxylation is 1. The number of carboxylic acid groups (broad SMARTS) is 1. The van der Waals surface area contributed by atoms with E-state index in [1.165, 1.54) is 0 Å². The van der Waals surface area contributed by atoms with E-state index in [1.54, 1.807) is 18.2 Å². The van der Waals surface area contributed by atoms with Crippen LogP contribution in [0.3, 0.4) is 0 Å². The van der Waals surface area contributed by atoms with Gasteiger partial charge in [0.2, 0.25) is 0 Å². The maximum atomic E-state index is 11.2. The molecule has 2 rings (SSSR count). The summed E-state index contributed by atoms with van der Waals surface area (Å²) in [6.45, 7) is 2.04. The number of carboxylic acids is 1. The topological polar surface area (TPSA) is 72.3 Å². The molecule has 0 unspecified atom stereocenters. The maximum Gasteiger partial charge on any atom is 0.339 e. The molecule has 5 nitrogen and oxygen atoms in total. The third-order valence-electron chi connectivity index (χ3n) is 2.29. The molecule has 2 aromatic rings. The van der Waals surface area contributed by atoms with Crippen molar-refractivity contribution in [3.63, 3.8) is 0 Å². The fraction of sp³-hybridized carbons (Fsp3) is 0.250. The Bertz CT molecular complexity index is 600. The van der Waals surface area contributed by atoms with Crippen LogP contribution in [0.25, 0.3) is 0 Å². The lowest BCUT2D eigenvalue weighted by Crippen LogP contribution is -2.00. The monoisotopic (exact) mass is 390 g/mol. The Morgan fingerprint density at radius 2 is 2.32 bits per heavy atom. The van der Waals surface area contributed by atoms with Crippen molar-refractivity contribution >= 4 is 40.1 Å². The summed E-state index contributed by atoms with van der Waals surface area (Å²) in [6.07, 6.45) is 1.75. The van der Waals surface area contributed by atoms with E-state index in [0.29, 0.717) is 5.19 Å². The lowest BCUT2D eigenvalue weighted by Gasteiger charge is -2.05. The number of ether oxygens (including phenoxy) is 1. The van der Waals surface area contributed by atoms with Crippen molar-refractivity contribution in [1.82, 2.24) is 9.36 Å². The zero-order valence-electron chi connectivity index (χ0n) is 10.1. The average molecular weight is 390 g/mol. The molecule has 0 saturated heterocycles. The summed E-state index contributed by atoms with van der Waals surface area (Å²) in [5, 5.41) is 9.51. The first kappa shape index (κ1) is 14.2. The first-order chi connectivity index (χ1) is 9.10.